The lowest BCUT2D eigenvalue weighted by atomic mass is 10.1. The number of nitrogens with zero attached hydrogens (tertiary/aromatic N) is 3. The second-order valence-corrected chi connectivity index (χ2v) is 6.57. The molecule has 0 bridgehead atoms. The molecule has 4 rings (SSSR count). The molecule has 8 heteroatoms. The first-order chi connectivity index (χ1) is 12.9. The Morgan fingerprint density at radius 1 is 1.19 bits per heavy atom. The molecule has 0 aliphatic carbocycles. The standard InChI is InChI=1S/C19H18F3N3O2/c20-19(21,22)14-5-7-23-17(11-14)24-9-10-27-16(12-24)18(26)25-8-6-13-3-1-2-4-15(13)25/h1-5,7,11,16H,6,8-10,12H2. The van der Waals surface area contributed by atoms with Crippen molar-refractivity contribution >= 4 is 17.4 Å². The van der Waals surface area contributed by atoms with Crippen LogP contribution in [-0.4, -0.2) is 43.2 Å². The normalized spacial score (nSPS) is 19.9. The van der Waals surface area contributed by atoms with Crippen LogP contribution >= 0.6 is 0 Å². The van der Waals surface area contributed by atoms with Gasteiger partial charge in [0.05, 0.1) is 18.7 Å². The van der Waals surface area contributed by atoms with Gasteiger partial charge < -0.3 is 14.5 Å². The van der Waals surface area contributed by atoms with E-state index >= 15 is 0 Å². The summed E-state index contributed by atoms with van der Waals surface area (Å²) in [5, 5.41) is 0. The van der Waals surface area contributed by atoms with Gasteiger partial charge in [-0.25, -0.2) is 4.98 Å². The van der Waals surface area contributed by atoms with E-state index in [4.69, 9.17) is 4.74 Å². The second-order valence-electron chi connectivity index (χ2n) is 6.57. The number of alkyl halides is 3. The lowest BCUT2D eigenvalue weighted by Crippen LogP contribution is -2.51. The van der Waals surface area contributed by atoms with Crippen molar-refractivity contribution in [3.8, 4) is 0 Å². The number of rotatable bonds is 2. The van der Waals surface area contributed by atoms with E-state index in [2.05, 4.69) is 4.98 Å². The number of para-hydroxylation sites is 1. The molecule has 0 N–H and O–H groups in total. The van der Waals surface area contributed by atoms with Crippen molar-refractivity contribution in [2.45, 2.75) is 18.7 Å². The molecule has 2 aromatic rings. The number of aromatic nitrogens is 1. The maximum absolute atomic E-state index is 13.0. The van der Waals surface area contributed by atoms with Crippen molar-refractivity contribution in [2.75, 3.05) is 36.0 Å². The van der Waals surface area contributed by atoms with Gasteiger partial charge in [0.2, 0.25) is 0 Å². The van der Waals surface area contributed by atoms with Gasteiger partial charge in [0.25, 0.3) is 5.91 Å². The van der Waals surface area contributed by atoms with Crippen LogP contribution in [0.4, 0.5) is 24.7 Å². The van der Waals surface area contributed by atoms with Crippen molar-refractivity contribution in [2.24, 2.45) is 0 Å². The highest BCUT2D eigenvalue weighted by Crippen LogP contribution is 2.32. The summed E-state index contributed by atoms with van der Waals surface area (Å²) in [5.74, 6) is 0.0318. The van der Waals surface area contributed by atoms with Crippen LogP contribution in [0.15, 0.2) is 42.6 Å². The zero-order chi connectivity index (χ0) is 19.0. The molecule has 1 unspecified atom stereocenters. The second kappa shape index (κ2) is 6.84. The molecule has 1 atom stereocenters. The van der Waals surface area contributed by atoms with Crippen LogP contribution < -0.4 is 9.80 Å². The molecule has 1 fully saturated rings. The number of hydrogen-bond acceptors (Lipinski definition) is 4. The van der Waals surface area contributed by atoms with Gasteiger partial charge in [-0.15, -0.1) is 0 Å². The lowest BCUT2D eigenvalue weighted by molar-refractivity contribution is -0.137. The third kappa shape index (κ3) is 3.49. The van der Waals surface area contributed by atoms with Gasteiger partial charge in [-0.2, -0.15) is 13.2 Å². The molecule has 27 heavy (non-hydrogen) atoms. The summed E-state index contributed by atoms with van der Waals surface area (Å²) in [6.45, 7) is 1.39. The van der Waals surface area contributed by atoms with Crippen LogP contribution in [0.3, 0.4) is 0 Å². The first kappa shape index (κ1) is 17.8. The van der Waals surface area contributed by atoms with Crippen LogP contribution in [-0.2, 0) is 22.1 Å². The Balaban J connectivity index is 1.51. The molecule has 2 aliphatic heterocycles. The topological polar surface area (TPSA) is 45.7 Å². The number of anilines is 2. The van der Waals surface area contributed by atoms with Crippen molar-refractivity contribution in [3.05, 3.63) is 53.7 Å². The molecule has 2 aliphatic rings. The molecule has 142 valence electrons. The minimum absolute atomic E-state index is 0.170. The highest BCUT2D eigenvalue weighted by molar-refractivity contribution is 5.98. The summed E-state index contributed by atoms with van der Waals surface area (Å²) < 4.78 is 44.5. The number of carbonyl (C=O) groups is 1. The quantitative estimate of drug-likeness (QED) is 0.808. The first-order valence-corrected chi connectivity index (χ1v) is 8.72. The molecule has 0 spiro atoms. The monoisotopic (exact) mass is 377 g/mol. The number of hydrogen-bond donors (Lipinski definition) is 0. The fraction of sp³-hybridized carbons (Fsp3) is 0.368. The van der Waals surface area contributed by atoms with Gasteiger partial charge in [-0.1, -0.05) is 18.2 Å². The minimum Gasteiger partial charge on any atom is -0.365 e. The van der Waals surface area contributed by atoms with Crippen LogP contribution in [0.2, 0.25) is 0 Å². The molecule has 1 aromatic carbocycles. The number of pyridine rings is 1. The molecular formula is C19H18F3N3O2. The number of carbonyl (C=O) groups excluding carboxylic acids is 1. The summed E-state index contributed by atoms with van der Waals surface area (Å²) in [6.07, 6.45) is -3.24. The third-order valence-corrected chi connectivity index (χ3v) is 4.89. The van der Waals surface area contributed by atoms with E-state index in [1.165, 1.54) is 0 Å². The zero-order valence-corrected chi connectivity index (χ0v) is 14.4. The Morgan fingerprint density at radius 2 is 2.00 bits per heavy atom. The molecule has 1 saturated heterocycles. The highest BCUT2D eigenvalue weighted by atomic mass is 19.4. The Morgan fingerprint density at radius 3 is 2.81 bits per heavy atom. The number of ether oxygens (including phenoxy) is 1. The third-order valence-electron chi connectivity index (χ3n) is 4.89. The van der Waals surface area contributed by atoms with Crippen LogP contribution in [0, 0.1) is 0 Å². The fourth-order valence-electron chi connectivity index (χ4n) is 3.52. The van der Waals surface area contributed by atoms with Crippen molar-refractivity contribution < 1.29 is 22.7 Å². The number of amides is 1. The van der Waals surface area contributed by atoms with Crippen LogP contribution in [0.1, 0.15) is 11.1 Å². The van der Waals surface area contributed by atoms with Crippen molar-refractivity contribution in [1.82, 2.24) is 4.98 Å². The van der Waals surface area contributed by atoms with Gasteiger partial charge >= 0.3 is 6.18 Å². The van der Waals surface area contributed by atoms with Gasteiger partial charge in [-0.3, -0.25) is 4.79 Å². The zero-order valence-electron chi connectivity index (χ0n) is 14.4. The molecule has 5 nitrogen and oxygen atoms in total. The summed E-state index contributed by atoms with van der Waals surface area (Å²) >= 11 is 0. The van der Waals surface area contributed by atoms with E-state index in [1.54, 1.807) is 9.80 Å². The van der Waals surface area contributed by atoms with E-state index < -0.39 is 17.8 Å². The minimum atomic E-state index is -4.43. The lowest BCUT2D eigenvalue weighted by Gasteiger charge is -2.35. The Bertz CT molecular complexity index is 856. The highest BCUT2D eigenvalue weighted by Gasteiger charge is 2.35. The van der Waals surface area contributed by atoms with Crippen LogP contribution in [0.5, 0.6) is 0 Å². The predicted octanol–water partition coefficient (Wildman–Crippen LogP) is 2.89. The predicted molar refractivity (Wildman–Crippen MR) is 93.7 cm³/mol. The largest absolute Gasteiger partial charge is 0.416 e. The van der Waals surface area contributed by atoms with Crippen molar-refractivity contribution in [3.63, 3.8) is 0 Å². The maximum atomic E-state index is 13.0. The number of halogens is 3. The Labute approximate surface area is 154 Å². The summed E-state index contributed by atoms with van der Waals surface area (Å²) in [4.78, 5) is 20.4. The Kier molecular flexibility index (Phi) is 4.51. The Hall–Kier alpha value is -2.61. The van der Waals surface area contributed by atoms with Gasteiger partial charge in [0.1, 0.15) is 5.82 Å². The molecule has 1 amide bonds. The number of fused-ring (bicyclic) bond motifs is 1. The maximum Gasteiger partial charge on any atom is 0.416 e. The molecule has 0 radical (unpaired) electrons. The SMILES string of the molecule is O=C(C1CN(c2cc(C(F)(F)F)ccn2)CCO1)N1CCc2ccccc21. The van der Waals surface area contributed by atoms with E-state index in [0.717, 1.165) is 36.0 Å². The average molecular weight is 377 g/mol. The van der Waals surface area contributed by atoms with Gasteiger partial charge in [-0.05, 0) is 30.2 Å². The van der Waals surface area contributed by atoms with Crippen LogP contribution in [0.25, 0.3) is 0 Å². The van der Waals surface area contributed by atoms with Gasteiger partial charge in [0, 0.05) is 25.0 Å². The number of benzene rings is 1. The average Bonchev–Trinajstić information content (AvgIpc) is 3.11. The van der Waals surface area contributed by atoms with E-state index in [9.17, 15) is 18.0 Å². The smallest absolute Gasteiger partial charge is 0.365 e. The fourth-order valence-corrected chi connectivity index (χ4v) is 3.52. The molecular weight excluding hydrogens is 359 g/mol. The first-order valence-electron chi connectivity index (χ1n) is 8.72. The van der Waals surface area contributed by atoms with E-state index in [1.807, 2.05) is 24.3 Å². The molecule has 0 saturated carbocycles. The van der Waals surface area contributed by atoms with Gasteiger partial charge in [0.15, 0.2) is 6.10 Å². The molecule has 1 aromatic heterocycles. The molecule has 3 heterocycles. The van der Waals surface area contributed by atoms with Crippen molar-refractivity contribution in [1.29, 1.82) is 0 Å². The number of morpholine rings is 1. The van der Waals surface area contributed by atoms with E-state index in [0.29, 0.717) is 13.1 Å². The summed E-state index contributed by atoms with van der Waals surface area (Å²) in [5.41, 5.74) is 1.23. The summed E-state index contributed by atoms with van der Waals surface area (Å²) in [7, 11) is 0. The summed E-state index contributed by atoms with van der Waals surface area (Å²) in [6, 6.07) is 9.65. The van der Waals surface area contributed by atoms with E-state index in [-0.39, 0.29) is 24.9 Å².